The summed E-state index contributed by atoms with van der Waals surface area (Å²) in [6.45, 7) is 0.629. The average Bonchev–Trinajstić information content (AvgIpc) is 2.60. The van der Waals surface area contributed by atoms with Crippen LogP contribution in [0, 0.1) is 15.2 Å². The van der Waals surface area contributed by atoms with Crippen LogP contribution in [-0.2, 0) is 16.1 Å². The molecule has 1 unspecified atom stereocenters. The lowest BCUT2D eigenvalue weighted by Gasteiger charge is -2.35. The van der Waals surface area contributed by atoms with Gasteiger partial charge in [-0.1, -0.05) is 30.3 Å². The number of nitrogens with zero attached hydrogens (tertiary/aromatic N) is 1. The molecule has 25 heavy (non-hydrogen) atoms. The summed E-state index contributed by atoms with van der Waals surface area (Å²) in [7, 11) is 0. The lowest BCUT2D eigenvalue weighted by atomic mass is 10.0. The van der Waals surface area contributed by atoms with Gasteiger partial charge in [0.2, 0.25) is 0 Å². The van der Waals surface area contributed by atoms with Crippen LogP contribution in [0.15, 0.2) is 42.5 Å². The fraction of sp³-hybridized carbons (Fsp3) is 0.278. The summed E-state index contributed by atoms with van der Waals surface area (Å²) in [6, 6.07) is 10.8. The molecule has 1 amide bonds. The van der Waals surface area contributed by atoms with Crippen LogP contribution < -0.4 is 0 Å². The Morgan fingerprint density at radius 3 is 2.60 bits per heavy atom. The van der Waals surface area contributed by atoms with Gasteiger partial charge >= 0.3 is 6.09 Å². The van der Waals surface area contributed by atoms with Gasteiger partial charge in [-0.2, -0.15) is 0 Å². The molecule has 1 aliphatic rings. The molecule has 1 heterocycles. The maximum atomic E-state index is 14.3. The SMILES string of the molecule is O=C(OCc1ccccc1)N1CCOCC1c1c(F)cc(I)cc1F. The minimum absolute atomic E-state index is 0.0227. The summed E-state index contributed by atoms with van der Waals surface area (Å²) in [6.07, 6.45) is -0.616. The number of benzene rings is 2. The molecule has 2 aromatic carbocycles. The Morgan fingerprint density at radius 1 is 1.24 bits per heavy atom. The number of morpholine rings is 1. The van der Waals surface area contributed by atoms with Gasteiger partial charge in [-0.05, 0) is 40.3 Å². The molecule has 0 aromatic heterocycles. The summed E-state index contributed by atoms with van der Waals surface area (Å²) in [5.74, 6) is -1.39. The number of hydrogen-bond acceptors (Lipinski definition) is 3. The lowest BCUT2D eigenvalue weighted by molar-refractivity contribution is -0.0136. The fourth-order valence-corrected chi connectivity index (χ4v) is 3.28. The smallest absolute Gasteiger partial charge is 0.410 e. The molecule has 0 aliphatic carbocycles. The molecular weight excluding hydrogens is 443 g/mol. The first-order chi connectivity index (χ1) is 12.1. The van der Waals surface area contributed by atoms with Gasteiger partial charge in [-0.3, -0.25) is 4.90 Å². The largest absolute Gasteiger partial charge is 0.445 e. The van der Waals surface area contributed by atoms with Gasteiger partial charge in [-0.15, -0.1) is 0 Å². The Labute approximate surface area is 157 Å². The highest BCUT2D eigenvalue weighted by molar-refractivity contribution is 14.1. The van der Waals surface area contributed by atoms with E-state index in [1.807, 2.05) is 52.9 Å². The van der Waals surface area contributed by atoms with E-state index in [0.717, 1.165) is 5.56 Å². The molecule has 7 heteroatoms. The molecule has 0 radical (unpaired) electrons. The van der Waals surface area contributed by atoms with Crippen molar-refractivity contribution in [1.29, 1.82) is 0 Å². The molecule has 1 aliphatic heterocycles. The van der Waals surface area contributed by atoms with E-state index >= 15 is 0 Å². The van der Waals surface area contributed by atoms with Gasteiger partial charge in [0.15, 0.2) is 0 Å². The number of carbonyl (C=O) groups excluding carboxylic acids is 1. The average molecular weight is 459 g/mol. The minimum Gasteiger partial charge on any atom is -0.445 e. The van der Waals surface area contributed by atoms with Gasteiger partial charge in [0.1, 0.15) is 18.2 Å². The van der Waals surface area contributed by atoms with Crippen molar-refractivity contribution >= 4 is 28.7 Å². The molecule has 0 bridgehead atoms. The van der Waals surface area contributed by atoms with Crippen LogP contribution in [0.4, 0.5) is 13.6 Å². The van der Waals surface area contributed by atoms with Crippen molar-refractivity contribution in [2.75, 3.05) is 19.8 Å². The number of ether oxygens (including phenoxy) is 2. The van der Waals surface area contributed by atoms with E-state index in [9.17, 15) is 13.6 Å². The highest BCUT2D eigenvalue weighted by Crippen LogP contribution is 2.30. The zero-order valence-electron chi connectivity index (χ0n) is 13.3. The topological polar surface area (TPSA) is 38.8 Å². The Balaban J connectivity index is 1.78. The standard InChI is InChI=1S/C18H16F2INO3/c19-14-8-13(21)9-15(20)17(14)16-11-24-7-6-22(16)18(23)25-10-12-4-2-1-3-5-12/h1-5,8-9,16H,6-7,10-11H2. The number of amides is 1. The van der Waals surface area contributed by atoms with Crippen molar-refractivity contribution in [3.63, 3.8) is 0 Å². The Kier molecular flexibility index (Phi) is 5.85. The maximum Gasteiger partial charge on any atom is 0.410 e. The van der Waals surface area contributed by atoms with Crippen LogP contribution in [0.25, 0.3) is 0 Å². The predicted molar refractivity (Wildman–Crippen MR) is 96.0 cm³/mol. The second-order valence-corrected chi connectivity index (χ2v) is 6.85. The quantitative estimate of drug-likeness (QED) is 0.644. The second-order valence-electron chi connectivity index (χ2n) is 5.61. The third-order valence-electron chi connectivity index (χ3n) is 3.95. The predicted octanol–water partition coefficient (Wildman–Crippen LogP) is 4.28. The van der Waals surface area contributed by atoms with E-state index in [2.05, 4.69) is 0 Å². The minimum atomic E-state index is -0.853. The van der Waals surface area contributed by atoms with Crippen LogP contribution in [0.5, 0.6) is 0 Å². The molecule has 0 saturated carbocycles. The van der Waals surface area contributed by atoms with Gasteiger partial charge < -0.3 is 9.47 Å². The summed E-state index contributed by atoms with van der Waals surface area (Å²) < 4.78 is 39.7. The van der Waals surface area contributed by atoms with Gasteiger partial charge in [0.05, 0.1) is 19.3 Å². The van der Waals surface area contributed by atoms with E-state index in [1.54, 1.807) is 0 Å². The van der Waals surface area contributed by atoms with E-state index < -0.39 is 23.8 Å². The third-order valence-corrected chi connectivity index (χ3v) is 4.57. The molecule has 2 aromatic rings. The number of halogens is 3. The van der Waals surface area contributed by atoms with Crippen molar-refractivity contribution in [2.24, 2.45) is 0 Å². The molecule has 1 atom stereocenters. The van der Waals surface area contributed by atoms with Crippen LogP contribution >= 0.6 is 22.6 Å². The highest BCUT2D eigenvalue weighted by atomic mass is 127. The van der Waals surface area contributed by atoms with Crippen molar-refractivity contribution in [2.45, 2.75) is 12.6 Å². The van der Waals surface area contributed by atoms with E-state index in [4.69, 9.17) is 9.47 Å². The first-order valence-electron chi connectivity index (χ1n) is 7.76. The van der Waals surface area contributed by atoms with Crippen molar-refractivity contribution in [1.82, 2.24) is 4.90 Å². The van der Waals surface area contributed by atoms with Gasteiger partial charge in [0.25, 0.3) is 0 Å². The van der Waals surface area contributed by atoms with Crippen LogP contribution in [0.3, 0.4) is 0 Å². The molecule has 4 nitrogen and oxygen atoms in total. The highest BCUT2D eigenvalue weighted by Gasteiger charge is 2.33. The third kappa shape index (κ3) is 4.27. The molecule has 0 N–H and O–H groups in total. The molecule has 3 rings (SSSR count). The van der Waals surface area contributed by atoms with E-state index in [-0.39, 0.29) is 25.3 Å². The molecule has 0 spiro atoms. The first-order valence-corrected chi connectivity index (χ1v) is 8.83. The molecule has 132 valence electrons. The van der Waals surface area contributed by atoms with Crippen molar-refractivity contribution in [3.8, 4) is 0 Å². The van der Waals surface area contributed by atoms with E-state index in [1.165, 1.54) is 17.0 Å². The number of rotatable bonds is 3. The van der Waals surface area contributed by atoms with Gasteiger partial charge in [0, 0.05) is 15.7 Å². The van der Waals surface area contributed by atoms with Crippen LogP contribution in [0.1, 0.15) is 17.2 Å². The maximum absolute atomic E-state index is 14.3. The Morgan fingerprint density at radius 2 is 1.92 bits per heavy atom. The summed E-state index contributed by atoms with van der Waals surface area (Å²) in [5, 5.41) is 0. The molecule has 1 saturated heterocycles. The lowest BCUT2D eigenvalue weighted by Crippen LogP contribution is -2.44. The monoisotopic (exact) mass is 459 g/mol. The van der Waals surface area contributed by atoms with Crippen molar-refractivity contribution < 1.29 is 23.0 Å². The number of hydrogen-bond donors (Lipinski definition) is 0. The Bertz CT molecular complexity index is 734. The zero-order valence-corrected chi connectivity index (χ0v) is 15.4. The summed E-state index contributed by atoms with van der Waals surface area (Å²) in [4.78, 5) is 13.8. The van der Waals surface area contributed by atoms with Crippen LogP contribution in [-0.4, -0.2) is 30.8 Å². The van der Waals surface area contributed by atoms with Crippen molar-refractivity contribution in [3.05, 3.63) is 68.8 Å². The van der Waals surface area contributed by atoms with E-state index in [0.29, 0.717) is 10.2 Å². The normalized spacial score (nSPS) is 17.4. The molecular formula is C18H16F2INO3. The first kappa shape index (κ1) is 18.1. The summed E-state index contributed by atoms with van der Waals surface area (Å²) in [5.41, 5.74) is 0.670. The Hall–Kier alpha value is -1.74. The summed E-state index contributed by atoms with van der Waals surface area (Å²) >= 11 is 1.84. The van der Waals surface area contributed by atoms with Crippen LogP contribution in [0.2, 0.25) is 0 Å². The molecule has 1 fully saturated rings. The zero-order chi connectivity index (χ0) is 17.8. The van der Waals surface area contributed by atoms with Gasteiger partial charge in [-0.25, -0.2) is 13.6 Å². The number of carbonyl (C=O) groups is 1. The second kappa shape index (κ2) is 8.09. The fourth-order valence-electron chi connectivity index (χ4n) is 2.74.